The Morgan fingerprint density at radius 2 is 1.56 bits per heavy atom. The van der Waals surface area contributed by atoms with Gasteiger partial charge in [0.05, 0.1) is 0 Å². The van der Waals surface area contributed by atoms with E-state index in [1.165, 1.54) is 25.7 Å². The molecule has 0 atom stereocenters. The quantitative estimate of drug-likeness (QED) is 0.890. The van der Waals surface area contributed by atoms with Gasteiger partial charge in [-0.05, 0) is 18.4 Å². The normalized spacial score (nSPS) is 15.8. The average Bonchev–Trinajstić information content (AvgIpc) is 2.94. The van der Waals surface area contributed by atoms with E-state index in [-0.39, 0.29) is 0 Å². The van der Waals surface area contributed by atoms with Gasteiger partial charge < -0.3 is 5.32 Å². The first kappa shape index (κ1) is 11.2. The van der Waals surface area contributed by atoms with Gasteiger partial charge in [0.15, 0.2) is 0 Å². The van der Waals surface area contributed by atoms with Gasteiger partial charge in [-0.15, -0.1) is 0 Å². The molecular weight excluding hydrogens is 222 g/mol. The van der Waals surface area contributed by atoms with Gasteiger partial charge in [-0.2, -0.15) is 0 Å². The van der Waals surface area contributed by atoms with E-state index in [1.54, 1.807) is 0 Å². The van der Waals surface area contributed by atoms with E-state index < -0.39 is 0 Å². The van der Waals surface area contributed by atoms with Gasteiger partial charge in [0, 0.05) is 24.0 Å². The Balaban J connectivity index is 1.72. The zero-order chi connectivity index (χ0) is 12.2. The van der Waals surface area contributed by atoms with E-state index >= 15 is 0 Å². The Labute approximate surface area is 107 Å². The van der Waals surface area contributed by atoms with Crippen LogP contribution in [0.25, 0.3) is 11.1 Å². The number of nitrogens with zero attached hydrogens (tertiary/aromatic N) is 2. The highest BCUT2D eigenvalue weighted by molar-refractivity contribution is 5.61. The molecular formula is C15H17N3. The molecule has 1 aliphatic rings. The van der Waals surface area contributed by atoms with Crippen LogP contribution in [0.5, 0.6) is 0 Å². The Bertz CT molecular complexity index is 487. The van der Waals surface area contributed by atoms with Crippen molar-refractivity contribution in [3.8, 4) is 11.1 Å². The number of benzene rings is 1. The molecule has 1 heterocycles. The van der Waals surface area contributed by atoms with Crippen LogP contribution in [0.1, 0.15) is 25.7 Å². The van der Waals surface area contributed by atoms with Crippen molar-refractivity contribution in [3.63, 3.8) is 0 Å². The summed E-state index contributed by atoms with van der Waals surface area (Å²) in [6, 6.07) is 10.8. The fourth-order valence-corrected chi connectivity index (χ4v) is 2.43. The van der Waals surface area contributed by atoms with Gasteiger partial charge in [-0.25, -0.2) is 9.97 Å². The molecule has 0 aliphatic heterocycles. The summed E-state index contributed by atoms with van der Waals surface area (Å²) < 4.78 is 0. The molecule has 1 aliphatic carbocycles. The molecule has 1 aromatic carbocycles. The molecule has 0 spiro atoms. The van der Waals surface area contributed by atoms with Crippen molar-refractivity contribution in [3.05, 3.63) is 42.7 Å². The summed E-state index contributed by atoms with van der Waals surface area (Å²) in [4.78, 5) is 8.79. The number of aromatic nitrogens is 2. The second-order valence-corrected chi connectivity index (χ2v) is 4.79. The first-order chi connectivity index (χ1) is 8.92. The summed E-state index contributed by atoms with van der Waals surface area (Å²) in [7, 11) is 0. The SMILES string of the molecule is c1ccc(-c2cnc(NC3CCCC3)nc2)cc1. The van der Waals surface area contributed by atoms with Gasteiger partial charge in [-0.1, -0.05) is 43.2 Å². The van der Waals surface area contributed by atoms with Crippen LogP contribution in [0.15, 0.2) is 42.7 Å². The minimum absolute atomic E-state index is 0.563. The number of hydrogen-bond acceptors (Lipinski definition) is 3. The average molecular weight is 239 g/mol. The van der Waals surface area contributed by atoms with Gasteiger partial charge in [0.25, 0.3) is 0 Å². The van der Waals surface area contributed by atoms with Crippen molar-refractivity contribution in [2.24, 2.45) is 0 Å². The van der Waals surface area contributed by atoms with Crippen molar-refractivity contribution < 1.29 is 0 Å². The standard InChI is InChI=1S/C15H17N3/c1-2-6-12(7-3-1)13-10-16-15(17-11-13)18-14-8-4-5-9-14/h1-3,6-7,10-11,14H,4-5,8-9H2,(H,16,17,18). The van der Waals surface area contributed by atoms with Gasteiger partial charge in [-0.3, -0.25) is 0 Å². The summed E-state index contributed by atoms with van der Waals surface area (Å²) in [5, 5.41) is 3.40. The highest BCUT2D eigenvalue weighted by atomic mass is 15.1. The Morgan fingerprint density at radius 1 is 0.889 bits per heavy atom. The lowest BCUT2D eigenvalue weighted by atomic mass is 10.1. The Hall–Kier alpha value is -1.90. The summed E-state index contributed by atoms with van der Waals surface area (Å²) in [5.74, 6) is 0.751. The largest absolute Gasteiger partial charge is 0.351 e. The maximum absolute atomic E-state index is 4.40. The number of hydrogen-bond donors (Lipinski definition) is 1. The van der Waals surface area contributed by atoms with Crippen molar-refractivity contribution >= 4 is 5.95 Å². The summed E-state index contributed by atoms with van der Waals surface area (Å²) in [6.07, 6.45) is 8.90. The van der Waals surface area contributed by atoms with Crippen LogP contribution in [0.2, 0.25) is 0 Å². The lowest BCUT2D eigenvalue weighted by Gasteiger charge is -2.11. The third-order valence-corrected chi connectivity index (χ3v) is 3.45. The molecule has 1 saturated carbocycles. The molecule has 1 aromatic heterocycles. The van der Waals surface area contributed by atoms with E-state index in [0.29, 0.717) is 6.04 Å². The predicted octanol–water partition coefficient (Wildman–Crippen LogP) is 3.50. The highest BCUT2D eigenvalue weighted by Gasteiger charge is 2.15. The maximum atomic E-state index is 4.40. The summed E-state index contributed by atoms with van der Waals surface area (Å²) >= 11 is 0. The lowest BCUT2D eigenvalue weighted by molar-refractivity contribution is 0.744. The molecule has 3 nitrogen and oxygen atoms in total. The molecule has 3 heteroatoms. The fraction of sp³-hybridized carbons (Fsp3) is 0.333. The van der Waals surface area contributed by atoms with Gasteiger partial charge >= 0.3 is 0 Å². The van der Waals surface area contributed by atoms with Crippen LogP contribution in [0.4, 0.5) is 5.95 Å². The zero-order valence-electron chi connectivity index (χ0n) is 10.3. The number of rotatable bonds is 3. The van der Waals surface area contributed by atoms with Crippen LogP contribution in [0, 0.1) is 0 Å². The zero-order valence-corrected chi connectivity index (χ0v) is 10.3. The molecule has 0 saturated heterocycles. The molecule has 0 amide bonds. The molecule has 1 N–H and O–H groups in total. The molecule has 2 aromatic rings. The van der Waals surface area contributed by atoms with Gasteiger partial charge in [0.1, 0.15) is 0 Å². The Morgan fingerprint density at radius 3 is 2.22 bits per heavy atom. The topological polar surface area (TPSA) is 37.8 Å². The van der Waals surface area contributed by atoms with Crippen LogP contribution in [0.3, 0.4) is 0 Å². The minimum atomic E-state index is 0.563. The van der Waals surface area contributed by atoms with Crippen molar-refractivity contribution in [1.82, 2.24) is 9.97 Å². The molecule has 0 bridgehead atoms. The molecule has 92 valence electrons. The third-order valence-electron chi connectivity index (χ3n) is 3.45. The first-order valence-electron chi connectivity index (χ1n) is 6.56. The second-order valence-electron chi connectivity index (χ2n) is 4.79. The molecule has 0 unspecified atom stereocenters. The second kappa shape index (κ2) is 5.17. The third kappa shape index (κ3) is 2.50. The van der Waals surface area contributed by atoms with E-state index in [0.717, 1.165) is 17.1 Å². The summed E-state index contributed by atoms with van der Waals surface area (Å²) in [5.41, 5.74) is 2.22. The molecule has 3 rings (SSSR count). The van der Waals surface area contributed by atoms with Crippen molar-refractivity contribution in [2.45, 2.75) is 31.7 Å². The van der Waals surface area contributed by atoms with E-state index in [4.69, 9.17) is 0 Å². The van der Waals surface area contributed by atoms with E-state index in [9.17, 15) is 0 Å². The van der Waals surface area contributed by atoms with E-state index in [2.05, 4.69) is 27.4 Å². The highest BCUT2D eigenvalue weighted by Crippen LogP contribution is 2.21. The van der Waals surface area contributed by atoms with Crippen LogP contribution >= 0.6 is 0 Å². The van der Waals surface area contributed by atoms with Crippen molar-refractivity contribution in [1.29, 1.82) is 0 Å². The van der Waals surface area contributed by atoms with Crippen LogP contribution in [-0.4, -0.2) is 16.0 Å². The monoisotopic (exact) mass is 239 g/mol. The Kier molecular flexibility index (Phi) is 3.22. The molecule has 0 radical (unpaired) electrons. The maximum Gasteiger partial charge on any atom is 0.222 e. The molecule has 1 fully saturated rings. The first-order valence-corrected chi connectivity index (χ1v) is 6.56. The smallest absolute Gasteiger partial charge is 0.222 e. The number of anilines is 1. The summed E-state index contributed by atoms with van der Waals surface area (Å²) in [6.45, 7) is 0. The van der Waals surface area contributed by atoms with Crippen LogP contribution < -0.4 is 5.32 Å². The van der Waals surface area contributed by atoms with Crippen LogP contribution in [-0.2, 0) is 0 Å². The molecule has 18 heavy (non-hydrogen) atoms. The lowest BCUT2D eigenvalue weighted by Crippen LogP contribution is -2.16. The predicted molar refractivity (Wildman–Crippen MR) is 73.3 cm³/mol. The van der Waals surface area contributed by atoms with Gasteiger partial charge in [0.2, 0.25) is 5.95 Å². The van der Waals surface area contributed by atoms with Crippen molar-refractivity contribution in [2.75, 3.05) is 5.32 Å². The fourth-order valence-electron chi connectivity index (χ4n) is 2.43. The minimum Gasteiger partial charge on any atom is -0.351 e. The number of nitrogens with one attached hydrogen (secondary N) is 1. The van der Waals surface area contributed by atoms with E-state index in [1.807, 2.05) is 30.6 Å².